The van der Waals surface area contributed by atoms with Crippen molar-refractivity contribution in [2.45, 2.75) is 26.3 Å². The van der Waals surface area contributed by atoms with Crippen LogP contribution in [0.2, 0.25) is 0 Å². The van der Waals surface area contributed by atoms with E-state index in [-0.39, 0.29) is 5.75 Å². The van der Waals surface area contributed by atoms with E-state index in [1.807, 2.05) is 7.05 Å². The Hall–Kier alpha value is -0.660. The fourth-order valence-electron chi connectivity index (χ4n) is 2.21. The predicted molar refractivity (Wildman–Crippen MR) is 79.7 cm³/mol. The third kappa shape index (κ3) is 3.67. The van der Waals surface area contributed by atoms with Gasteiger partial charge >= 0.3 is 0 Å². The molecule has 0 bridgehead atoms. The van der Waals surface area contributed by atoms with E-state index in [4.69, 9.17) is 0 Å². The Kier molecular flexibility index (Phi) is 4.81. The van der Waals surface area contributed by atoms with Crippen molar-refractivity contribution in [1.29, 1.82) is 0 Å². The second-order valence-corrected chi connectivity index (χ2v) is 8.11. The van der Waals surface area contributed by atoms with Crippen molar-refractivity contribution in [2.75, 3.05) is 36.5 Å². The maximum absolute atomic E-state index is 11.6. The van der Waals surface area contributed by atoms with Crippen molar-refractivity contribution in [2.24, 2.45) is 0 Å². The van der Waals surface area contributed by atoms with Gasteiger partial charge in [-0.15, -0.1) is 11.3 Å². The molecule has 2 heterocycles. The number of thiazole rings is 1. The predicted octanol–water partition coefficient (Wildman–Crippen LogP) is 1.05. The van der Waals surface area contributed by atoms with Crippen molar-refractivity contribution >= 4 is 26.3 Å². The Morgan fingerprint density at radius 2 is 2.16 bits per heavy atom. The van der Waals surface area contributed by atoms with Gasteiger partial charge in [0.25, 0.3) is 0 Å². The lowest BCUT2D eigenvalue weighted by Crippen LogP contribution is -2.26. The van der Waals surface area contributed by atoms with Gasteiger partial charge in [0.15, 0.2) is 15.0 Å². The zero-order chi connectivity index (χ0) is 13.9. The topological polar surface area (TPSA) is 62.3 Å². The van der Waals surface area contributed by atoms with Gasteiger partial charge in [0, 0.05) is 24.5 Å². The second-order valence-electron chi connectivity index (χ2n) is 4.74. The molecule has 5 nitrogen and oxygen atoms in total. The summed E-state index contributed by atoms with van der Waals surface area (Å²) >= 11 is 1.68. The zero-order valence-corrected chi connectivity index (χ0v) is 13.1. The standard InChI is InChI=1S/C12H21N3O2S2/c1-3-10-11(9-13-2)18-12(14-10)15-5-4-7-19(16,17)8-6-15/h13H,3-9H2,1-2H3. The summed E-state index contributed by atoms with van der Waals surface area (Å²) in [5.74, 6) is 0.550. The molecule has 1 aliphatic heterocycles. The van der Waals surface area contributed by atoms with Crippen LogP contribution in [0.5, 0.6) is 0 Å². The molecule has 0 aromatic carbocycles. The molecule has 19 heavy (non-hydrogen) atoms. The van der Waals surface area contributed by atoms with E-state index in [9.17, 15) is 8.42 Å². The Balaban J connectivity index is 2.17. The molecule has 1 fully saturated rings. The molecule has 0 saturated carbocycles. The SMILES string of the molecule is CCc1nc(N2CCCS(=O)(=O)CC2)sc1CNC. The van der Waals surface area contributed by atoms with Gasteiger partial charge in [0.05, 0.1) is 17.2 Å². The Bertz CT molecular complexity index is 525. The van der Waals surface area contributed by atoms with Gasteiger partial charge in [0.1, 0.15) is 0 Å². The summed E-state index contributed by atoms with van der Waals surface area (Å²) in [6.07, 6.45) is 1.62. The minimum Gasteiger partial charge on any atom is -0.347 e. The fourth-order valence-corrected chi connectivity index (χ4v) is 4.69. The first-order valence-corrected chi connectivity index (χ1v) is 9.28. The van der Waals surface area contributed by atoms with E-state index in [1.165, 1.54) is 4.88 Å². The fraction of sp³-hybridized carbons (Fsp3) is 0.750. The number of aromatic nitrogens is 1. The molecule has 108 valence electrons. The first-order valence-electron chi connectivity index (χ1n) is 6.64. The van der Waals surface area contributed by atoms with Crippen LogP contribution in [0.4, 0.5) is 5.13 Å². The normalized spacial score (nSPS) is 19.4. The number of nitrogens with one attached hydrogen (secondary N) is 1. The molecule has 1 aromatic rings. The molecule has 1 saturated heterocycles. The summed E-state index contributed by atoms with van der Waals surface area (Å²) < 4.78 is 23.2. The molecular formula is C12H21N3O2S2. The molecule has 0 radical (unpaired) electrons. The molecule has 0 atom stereocenters. The highest BCUT2D eigenvalue weighted by Crippen LogP contribution is 2.27. The quantitative estimate of drug-likeness (QED) is 0.901. The van der Waals surface area contributed by atoms with Crippen LogP contribution >= 0.6 is 11.3 Å². The van der Waals surface area contributed by atoms with Gasteiger partial charge in [-0.05, 0) is 19.9 Å². The number of nitrogens with zero attached hydrogens (tertiary/aromatic N) is 2. The first kappa shape index (κ1) is 14.7. The lowest BCUT2D eigenvalue weighted by atomic mass is 10.3. The van der Waals surface area contributed by atoms with E-state index in [0.717, 1.165) is 30.3 Å². The maximum atomic E-state index is 11.6. The number of hydrogen-bond acceptors (Lipinski definition) is 6. The Morgan fingerprint density at radius 1 is 1.37 bits per heavy atom. The summed E-state index contributed by atoms with van der Waals surface area (Å²) in [5, 5.41) is 4.13. The van der Waals surface area contributed by atoms with Crippen LogP contribution in [-0.2, 0) is 22.8 Å². The summed E-state index contributed by atoms with van der Waals surface area (Å²) in [7, 11) is -0.928. The maximum Gasteiger partial charge on any atom is 0.185 e. The number of rotatable bonds is 4. The third-order valence-corrected chi connectivity index (χ3v) is 6.14. The van der Waals surface area contributed by atoms with Gasteiger partial charge in [0.2, 0.25) is 0 Å². The molecule has 0 aliphatic carbocycles. The molecule has 0 amide bonds. The van der Waals surface area contributed by atoms with E-state index in [2.05, 4.69) is 22.1 Å². The van der Waals surface area contributed by atoms with E-state index < -0.39 is 9.84 Å². The first-order chi connectivity index (χ1) is 9.05. The van der Waals surface area contributed by atoms with Crippen LogP contribution in [0.15, 0.2) is 0 Å². The minimum absolute atomic E-state index is 0.245. The second kappa shape index (κ2) is 6.19. The van der Waals surface area contributed by atoms with Gasteiger partial charge < -0.3 is 10.2 Å². The van der Waals surface area contributed by atoms with Crippen LogP contribution < -0.4 is 10.2 Å². The van der Waals surface area contributed by atoms with Crippen molar-refractivity contribution in [3.63, 3.8) is 0 Å². The van der Waals surface area contributed by atoms with Gasteiger partial charge in [-0.25, -0.2) is 13.4 Å². The van der Waals surface area contributed by atoms with E-state index in [1.54, 1.807) is 11.3 Å². The number of aryl methyl sites for hydroxylation is 1. The number of sulfone groups is 1. The van der Waals surface area contributed by atoms with Crippen molar-refractivity contribution in [3.8, 4) is 0 Å². The van der Waals surface area contributed by atoms with Crippen LogP contribution in [0.3, 0.4) is 0 Å². The molecule has 1 aliphatic rings. The highest BCUT2D eigenvalue weighted by atomic mass is 32.2. The average Bonchev–Trinajstić information content (AvgIpc) is 2.67. The zero-order valence-electron chi connectivity index (χ0n) is 11.5. The monoisotopic (exact) mass is 303 g/mol. The molecule has 0 unspecified atom stereocenters. The van der Waals surface area contributed by atoms with Crippen molar-refractivity contribution in [1.82, 2.24) is 10.3 Å². The smallest absolute Gasteiger partial charge is 0.185 e. The van der Waals surface area contributed by atoms with Crippen LogP contribution in [0, 0.1) is 0 Å². The Morgan fingerprint density at radius 3 is 2.84 bits per heavy atom. The van der Waals surface area contributed by atoms with Crippen LogP contribution in [-0.4, -0.2) is 45.0 Å². The molecule has 1 aromatic heterocycles. The molecule has 2 rings (SSSR count). The van der Waals surface area contributed by atoms with Crippen molar-refractivity contribution in [3.05, 3.63) is 10.6 Å². The minimum atomic E-state index is -2.86. The average molecular weight is 303 g/mol. The highest BCUT2D eigenvalue weighted by Gasteiger charge is 2.22. The van der Waals surface area contributed by atoms with Gasteiger partial charge in [-0.1, -0.05) is 6.92 Å². The molecular weight excluding hydrogens is 282 g/mol. The molecule has 1 N–H and O–H groups in total. The highest BCUT2D eigenvalue weighted by molar-refractivity contribution is 7.91. The van der Waals surface area contributed by atoms with E-state index in [0.29, 0.717) is 18.7 Å². The lowest BCUT2D eigenvalue weighted by Gasteiger charge is -2.17. The summed E-state index contributed by atoms with van der Waals surface area (Å²) in [6, 6.07) is 0. The van der Waals surface area contributed by atoms with Gasteiger partial charge in [-0.3, -0.25) is 0 Å². The Labute approximate surface area is 119 Å². The number of anilines is 1. The van der Waals surface area contributed by atoms with Crippen molar-refractivity contribution < 1.29 is 8.42 Å². The van der Waals surface area contributed by atoms with Crippen LogP contribution in [0.1, 0.15) is 23.9 Å². The number of hydrogen-bond donors (Lipinski definition) is 1. The molecule has 7 heteroatoms. The van der Waals surface area contributed by atoms with Crippen LogP contribution in [0.25, 0.3) is 0 Å². The third-order valence-electron chi connectivity index (χ3n) is 3.27. The van der Waals surface area contributed by atoms with E-state index >= 15 is 0 Å². The molecule has 0 spiro atoms. The van der Waals surface area contributed by atoms with Gasteiger partial charge in [-0.2, -0.15) is 0 Å². The largest absolute Gasteiger partial charge is 0.347 e. The lowest BCUT2D eigenvalue weighted by molar-refractivity contribution is 0.597. The summed E-state index contributed by atoms with van der Waals surface area (Å²) in [5.41, 5.74) is 1.13. The summed E-state index contributed by atoms with van der Waals surface area (Å²) in [6.45, 7) is 4.28. The summed E-state index contributed by atoms with van der Waals surface area (Å²) in [4.78, 5) is 8.05.